The number of ether oxygens (including phenoxy) is 1. The van der Waals surface area contributed by atoms with E-state index in [9.17, 15) is 17.2 Å². The second kappa shape index (κ2) is 9.25. The zero-order valence-electron chi connectivity index (χ0n) is 16.3. The summed E-state index contributed by atoms with van der Waals surface area (Å²) in [5, 5.41) is 3.26. The quantitative estimate of drug-likeness (QED) is 0.555. The first kappa shape index (κ1) is 21.6. The van der Waals surface area contributed by atoms with Crippen LogP contribution in [-0.2, 0) is 10.0 Å². The molecule has 0 bridgehead atoms. The number of halogens is 2. The van der Waals surface area contributed by atoms with Crippen LogP contribution in [-0.4, -0.2) is 37.5 Å². The molecular formula is C20H20F2N4O3S2. The van der Waals surface area contributed by atoms with E-state index in [4.69, 9.17) is 4.74 Å². The lowest BCUT2D eigenvalue weighted by atomic mass is 9.81. The third-order valence-electron chi connectivity index (χ3n) is 5.15. The van der Waals surface area contributed by atoms with Crippen LogP contribution in [0.1, 0.15) is 17.9 Å². The van der Waals surface area contributed by atoms with Crippen molar-refractivity contribution < 1.29 is 21.9 Å². The summed E-state index contributed by atoms with van der Waals surface area (Å²) in [7, 11) is -4.36. The average molecular weight is 467 g/mol. The van der Waals surface area contributed by atoms with Gasteiger partial charge in [0, 0.05) is 36.1 Å². The number of hydrogen-bond acceptors (Lipinski definition) is 7. The topological polar surface area (TPSA) is 93.2 Å². The minimum Gasteiger partial charge on any atom is -0.490 e. The summed E-state index contributed by atoms with van der Waals surface area (Å²) in [5.74, 6) is -2.12. The predicted molar refractivity (Wildman–Crippen MR) is 113 cm³/mol. The maximum Gasteiger partial charge on any atom is 0.266 e. The van der Waals surface area contributed by atoms with Gasteiger partial charge in [0.15, 0.2) is 11.6 Å². The van der Waals surface area contributed by atoms with E-state index < -0.39 is 26.6 Å². The summed E-state index contributed by atoms with van der Waals surface area (Å²) in [6.07, 6.45) is 2.06. The number of hydrogen-bond donors (Lipinski definition) is 2. The van der Waals surface area contributed by atoms with Crippen LogP contribution in [0.25, 0.3) is 0 Å². The van der Waals surface area contributed by atoms with Crippen LogP contribution in [0, 0.1) is 17.6 Å². The molecule has 31 heavy (non-hydrogen) atoms. The molecule has 1 aliphatic rings. The van der Waals surface area contributed by atoms with Gasteiger partial charge in [0.1, 0.15) is 17.0 Å². The molecule has 0 spiro atoms. The molecule has 1 fully saturated rings. The van der Waals surface area contributed by atoms with Crippen molar-refractivity contribution in [2.75, 3.05) is 24.4 Å². The molecule has 11 heteroatoms. The Morgan fingerprint density at radius 1 is 1.19 bits per heavy atom. The molecule has 2 N–H and O–H groups in total. The van der Waals surface area contributed by atoms with Crippen LogP contribution < -0.4 is 14.8 Å². The fourth-order valence-electron chi connectivity index (χ4n) is 3.65. The fraction of sp³-hybridized carbons (Fsp3) is 0.300. The molecule has 164 valence electrons. The highest BCUT2D eigenvalue weighted by molar-refractivity contribution is 7.93. The standard InChI is InChI=1S/C20H20F2N4O3S2/c21-16-9-19(31(27,28)26-20-24-12-25-30-20)17(22)8-18(16)29-11-14-10-23-7-6-15(14)13-4-2-1-3-5-13/h1-5,8-9,12,14-15,23H,6-7,10-11H2,(H,24,25,26). The molecule has 2 unspecified atom stereocenters. The number of sulfonamides is 1. The third-order valence-corrected chi connectivity index (χ3v) is 7.21. The van der Waals surface area contributed by atoms with Crippen molar-refractivity contribution in [3.8, 4) is 5.75 Å². The lowest BCUT2D eigenvalue weighted by Crippen LogP contribution is -2.38. The summed E-state index contributed by atoms with van der Waals surface area (Å²) in [6.45, 7) is 1.72. The Balaban J connectivity index is 1.49. The van der Waals surface area contributed by atoms with E-state index in [1.54, 1.807) is 0 Å². The highest BCUT2D eigenvalue weighted by atomic mass is 32.2. The van der Waals surface area contributed by atoms with Gasteiger partial charge in [-0.1, -0.05) is 30.3 Å². The van der Waals surface area contributed by atoms with Crippen LogP contribution >= 0.6 is 11.5 Å². The Bertz CT molecular complexity index is 1130. The number of aromatic nitrogens is 2. The number of benzene rings is 2. The number of piperidine rings is 1. The van der Waals surface area contributed by atoms with Gasteiger partial charge in [0.2, 0.25) is 5.13 Å². The monoisotopic (exact) mass is 466 g/mol. The van der Waals surface area contributed by atoms with Crippen LogP contribution in [0.5, 0.6) is 5.75 Å². The van der Waals surface area contributed by atoms with Gasteiger partial charge in [-0.3, -0.25) is 4.72 Å². The van der Waals surface area contributed by atoms with Gasteiger partial charge >= 0.3 is 0 Å². The Labute approximate surface area is 182 Å². The van der Waals surface area contributed by atoms with Crippen LogP contribution in [0.15, 0.2) is 53.7 Å². The lowest BCUT2D eigenvalue weighted by molar-refractivity contribution is 0.190. The Morgan fingerprint density at radius 2 is 2.00 bits per heavy atom. The first-order valence-corrected chi connectivity index (χ1v) is 11.9. The lowest BCUT2D eigenvalue weighted by Gasteiger charge is -2.32. The van der Waals surface area contributed by atoms with Crippen molar-refractivity contribution in [3.63, 3.8) is 0 Å². The number of nitrogens with zero attached hydrogens (tertiary/aromatic N) is 2. The highest BCUT2D eigenvalue weighted by Crippen LogP contribution is 2.32. The summed E-state index contributed by atoms with van der Waals surface area (Å²) in [6, 6.07) is 11.4. The zero-order chi connectivity index (χ0) is 21.8. The molecule has 1 saturated heterocycles. The number of rotatable bonds is 7. The van der Waals surface area contributed by atoms with E-state index in [0.717, 1.165) is 36.9 Å². The van der Waals surface area contributed by atoms with Crippen molar-refractivity contribution in [1.29, 1.82) is 0 Å². The smallest absolute Gasteiger partial charge is 0.266 e. The normalized spacial score (nSPS) is 19.2. The first-order chi connectivity index (χ1) is 14.9. The molecule has 0 saturated carbocycles. The minimum atomic E-state index is -4.36. The van der Waals surface area contributed by atoms with Gasteiger partial charge in [-0.25, -0.2) is 22.2 Å². The molecule has 3 aromatic rings. The molecule has 1 aromatic heterocycles. The Kier molecular flexibility index (Phi) is 6.44. The molecule has 4 rings (SSSR count). The largest absolute Gasteiger partial charge is 0.490 e. The average Bonchev–Trinajstić information content (AvgIpc) is 3.27. The zero-order valence-corrected chi connectivity index (χ0v) is 17.9. The molecule has 2 heterocycles. The highest BCUT2D eigenvalue weighted by Gasteiger charge is 2.28. The maximum absolute atomic E-state index is 14.6. The van der Waals surface area contributed by atoms with Crippen molar-refractivity contribution in [2.24, 2.45) is 5.92 Å². The molecule has 2 atom stereocenters. The van der Waals surface area contributed by atoms with Gasteiger partial charge in [-0.2, -0.15) is 4.37 Å². The Morgan fingerprint density at radius 3 is 2.74 bits per heavy atom. The van der Waals surface area contributed by atoms with E-state index in [-0.39, 0.29) is 29.3 Å². The van der Waals surface area contributed by atoms with Crippen molar-refractivity contribution >= 4 is 26.7 Å². The summed E-state index contributed by atoms with van der Waals surface area (Å²) >= 11 is 0.782. The molecule has 7 nitrogen and oxygen atoms in total. The summed E-state index contributed by atoms with van der Waals surface area (Å²) in [4.78, 5) is 2.86. The number of anilines is 1. The van der Waals surface area contributed by atoms with Crippen LogP contribution in [0.2, 0.25) is 0 Å². The predicted octanol–water partition coefficient (Wildman–Crippen LogP) is 3.39. The second-order valence-corrected chi connectivity index (χ2v) is 9.58. The van der Waals surface area contributed by atoms with E-state index in [2.05, 4.69) is 19.4 Å². The third kappa shape index (κ3) is 5.00. The van der Waals surface area contributed by atoms with Gasteiger partial charge in [-0.15, -0.1) is 0 Å². The van der Waals surface area contributed by atoms with Gasteiger partial charge < -0.3 is 10.1 Å². The number of nitrogens with one attached hydrogen (secondary N) is 2. The van der Waals surface area contributed by atoms with Crippen LogP contribution in [0.4, 0.5) is 13.9 Å². The van der Waals surface area contributed by atoms with Crippen molar-refractivity contribution in [3.05, 3.63) is 66.0 Å². The van der Waals surface area contributed by atoms with E-state index >= 15 is 0 Å². The molecule has 0 amide bonds. The van der Waals surface area contributed by atoms with Gasteiger partial charge in [-0.05, 0) is 24.4 Å². The molecule has 2 aromatic carbocycles. The minimum absolute atomic E-state index is 0.0445. The van der Waals surface area contributed by atoms with Crippen molar-refractivity contribution in [2.45, 2.75) is 17.2 Å². The maximum atomic E-state index is 14.6. The SMILES string of the molecule is O=S(=O)(Nc1ncns1)c1cc(F)c(OCC2CNCCC2c2ccccc2)cc1F. The second-order valence-electron chi connectivity index (χ2n) is 7.15. The molecular weight excluding hydrogens is 446 g/mol. The summed E-state index contributed by atoms with van der Waals surface area (Å²) in [5.41, 5.74) is 1.17. The van der Waals surface area contributed by atoms with Gasteiger partial charge in [0.05, 0.1) is 6.61 Å². The van der Waals surface area contributed by atoms with E-state index in [0.29, 0.717) is 12.6 Å². The molecule has 0 aliphatic carbocycles. The van der Waals surface area contributed by atoms with E-state index in [1.165, 1.54) is 5.56 Å². The van der Waals surface area contributed by atoms with Gasteiger partial charge in [0.25, 0.3) is 10.0 Å². The van der Waals surface area contributed by atoms with Crippen LogP contribution in [0.3, 0.4) is 0 Å². The summed E-state index contributed by atoms with van der Waals surface area (Å²) < 4.78 is 65.2. The molecule has 1 aliphatic heterocycles. The first-order valence-electron chi connectivity index (χ1n) is 9.61. The van der Waals surface area contributed by atoms with Crippen molar-refractivity contribution in [1.82, 2.24) is 14.7 Å². The molecule has 0 radical (unpaired) electrons. The Hall–Kier alpha value is -2.63. The van der Waals surface area contributed by atoms with E-state index in [1.807, 2.05) is 30.3 Å². The fourth-order valence-corrected chi connectivity index (χ4v) is 5.38.